The summed E-state index contributed by atoms with van der Waals surface area (Å²) in [6.45, 7) is 7.32. The first kappa shape index (κ1) is 7.01. The van der Waals surface area contributed by atoms with Crippen molar-refractivity contribution in [3.63, 3.8) is 0 Å². The molecule has 0 unspecified atom stereocenters. The standard InChI is InChI=1S/C4H12SiTe/c1-5(2,3)6-4/h1-4H3. The van der Waals surface area contributed by atoms with Crippen LogP contribution in [0.1, 0.15) is 0 Å². The van der Waals surface area contributed by atoms with E-state index in [2.05, 4.69) is 24.6 Å². The van der Waals surface area contributed by atoms with Gasteiger partial charge in [-0.05, 0) is 0 Å². The Hall–Kier alpha value is 1.01. The van der Waals surface area contributed by atoms with Crippen molar-refractivity contribution in [2.24, 2.45) is 0 Å². The van der Waals surface area contributed by atoms with Crippen molar-refractivity contribution in [2.75, 3.05) is 0 Å². The van der Waals surface area contributed by atoms with E-state index in [9.17, 15) is 0 Å². The van der Waals surface area contributed by atoms with E-state index in [-0.39, 0.29) is 0 Å². The summed E-state index contributed by atoms with van der Waals surface area (Å²) in [5.74, 6) is 0. The molecule has 0 aliphatic carbocycles. The summed E-state index contributed by atoms with van der Waals surface area (Å²) in [7, 11) is 0. The SMILES string of the molecule is C[Te][Si](C)(C)C. The fourth-order valence-electron chi connectivity index (χ4n) is 0. The Morgan fingerprint density at radius 1 is 1.17 bits per heavy atom. The molecule has 0 saturated carbocycles. The van der Waals surface area contributed by atoms with Gasteiger partial charge in [0.05, 0.1) is 0 Å². The number of hydrogen-bond acceptors (Lipinski definition) is 0. The first-order chi connectivity index (χ1) is 2.56. The van der Waals surface area contributed by atoms with Crippen molar-refractivity contribution in [2.45, 2.75) is 24.6 Å². The maximum absolute atomic E-state index is 2.44. The van der Waals surface area contributed by atoms with Crippen LogP contribution in [0.5, 0.6) is 0 Å². The Balaban J connectivity index is 3.17. The molecule has 0 aliphatic heterocycles. The van der Waals surface area contributed by atoms with Crippen molar-refractivity contribution in [1.82, 2.24) is 0 Å². The van der Waals surface area contributed by atoms with Gasteiger partial charge in [0, 0.05) is 0 Å². The number of hydrogen-bond donors (Lipinski definition) is 0. The van der Waals surface area contributed by atoms with Gasteiger partial charge in [0.15, 0.2) is 0 Å². The minimum atomic E-state index is -0.501. The predicted octanol–water partition coefficient (Wildman–Crippen LogP) is 1.57. The summed E-state index contributed by atoms with van der Waals surface area (Å²) < 4.78 is 0. The van der Waals surface area contributed by atoms with E-state index in [1.54, 1.807) is 0 Å². The van der Waals surface area contributed by atoms with Gasteiger partial charge in [-0.1, -0.05) is 0 Å². The molecule has 0 spiro atoms. The molecule has 38 valence electrons. The minimum absolute atomic E-state index is 0.456. The third-order valence-electron chi connectivity index (χ3n) is 0.612. The molecule has 0 rings (SSSR count). The van der Waals surface area contributed by atoms with Crippen molar-refractivity contribution >= 4 is 25.8 Å². The molecule has 0 N–H and O–H groups in total. The van der Waals surface area contributed by atoms with Crippen LogP contribution < -0.4 is 0 Å². The van der Waals surface area contributed by atoms with Crippen molar-refractivity contribution in [3.05, 3.63) is 0 Å². The molecule has 0 aromatic heterocycles. The second-order valence-electron chi connectivity index (χ2n) is 2.32. The first-order valence-electron chi connectivity index (χ1n) is 2.11. The second-order valence-corrected chi connectivity index (χ2v) is 20.9. The van der Waals surface area contributed by atoms with Crippen LogP contribution in [-0.2, 0) is 0 Å². The maximum atomic E-state index is 2.44. The molecule has 0 amide bonds. The Labute approximate surface area is 50.5 Å². The normalized spacial score (nSPS) is 12.0. The van der Waals surface area contributed by atoms with Gasteiger partial charge in [-0.25, -0.2) is 0 Å². The van der Waals surface area contributed by atoms with Crippen LogP contribution in [0.4, 0.5) is 0 Å². The third-order valence-corrected chi connectivity index (χ3v) is 12.3. The van der Waals surface area contributed by atoms with Gasteiger partial charge < -0.3 is 0 Å². The summed E-state index contributed by atoms with van der Waals surface area (Å²) in [4.78, 5) is 2.40. The zero-order chi connectivity index (χ0) is 5.21. The summed E-state index contributed by atoms with van der Waals surface area (Å²) in [5, 5.41) is 0. The van der Waals surface area contributed by atoms with Crippen LogP contribution in [0, 0.1) is 0 Å². The Morgan fingerprint density at radius 2 is 1.33 bits per heavy atom. The molecule has 0 heterocycles. The van der Waals surface area contributed by atoms with E-state index >= 15 is 0 Å². The zero-order valence-electron chi connectivity index (χ0n) is 4.91. The van der Waals surface area contributed by atoms with Gasteiger partial charge in [0.25, 0.3) is 0 Å². The average molecular weight is 216 g/mol. The zero-order valence-corrected chi connectivity index (χ0v) is 8.24. The van der Waals surface area contributed by atoms with Crippen LogP contribution in [0.25, 0.3) is 0 Å². The Kier molecular flexibility index (Phi) is 2.74. The van der Waals surface area contributed by atoms with Gasteiger partial charge in [-0.3, -0.25) is 0 Å². The molecular weight excluding hydrogens is 204 g/mol. The molecule has 0 aromatic rings. The molecule has 0 aliphatic rings. The van der Waals surface area contributed by atoms with E-state index in [0.717, 1.165) is 0 Å². The fraction of sp³-hybridized carbons (Fsp3) is 1.00. The fourth-order valence-corrected chi connectivity index (χ4v) is 0. The molecule has 0 aromatic carbocycles. The molecule has 2 heteroatoms. The van der Waals surface area contributed by atoms with E-state index in [1.807, 2.05) is 0 Å². The summed E-state index contributed by atoms with van der Waals surface area (Å²) in [5.41, 5.74) is -0.501. The second kappa shape index (κ2) is 2.35. The van der Waals surface area contributed by atoms with Gasteiger partial charge in [-0.15, -0.1) is 0 Å². The molecule has 0 atom stereocenters. The Bertz CT molecular complexity index is 37.3. The van der Waals surface area contributed by atoms with E-state index in [0.29, 0.717) is 20.1 Å². The summed E-state index contributed by atoms with van der Waals surface area (Å²) in [6, 6.07) is 0. The van der Waals surface area contributed by atoms with Crippen molar-refractivity contribution in [3.8, 4) is 0 Å². The first-order valence-corrected chi connectivity index (χ1v) is 11.3. The van der Waals surface area contributed by atoms with Crippen LogP contribution in [-0.4, -0.2) is 25.8 Å². The molecule has 0 nitrogen and oxygen atoms in total. The quantitative estimate of drug-likeness (QED) is 0.583. The molecule has 0 saturated heterocycles. The number of rotatable bonds is 1. The molecule has 0 fully saturated rings. The Morgan fingerprint density at radius 3 is 1.33 bits per heavy atom. The van der Waals surface area contributed by atoms with E-state index in [4.69, 9.17) is 0 Å². The van der Waals surface area contributed by atoms with Crippen LogP contribution in [0.3, 0.4) is 0 Å². The van der Waals surface area contributed by atoms with E-state index in [1.165, 1.54) is 0 Å². The van der Waals surface area contributed by atoms with Crippen molar-refractivity contribution < 1.29 is 0 Å². The summed E-state index contributed by atoms with van der Waals surface area (Å²) >= 11 is 0.456. The van der Waals surface area contributed by atoms with E-state index < -0.39 is 5.62 Å². The molecule has 0 bridgehead atoms. The average Bonchev–Trinajstić information content (AvgIpc) is 1.35. The van der Waals surface area contributed by atoms with Gasteiger partial charge in [0.2, 0.25) is 0 Å². The summed E-state index contributed by atoms with van der Waals surface area (Å²) in [6.07, 6.45) is 0. The topological polar surface area (TPSA) is 0 Å². The van der Waals surface area contributed by atoms with Crippen LogP contribution >= 0.6 is 0 Å². The molecule has 0 radical (unpaired) electrons. The van der Waals surface area contributed by atoms with Crippen molar-refractivity contribution in [1.29, 1.82) is 0 Å². The predicted molar refractivity (Wildman–Crippen MR) is 35.0 cm³/mol. The van der Waals surface area contributed by atoms with Gasteiger partial charge in [0.1, 0.15) is 0 Å². The van der Waals surface area contributed by atoms with Crippen LogP contribution in [0.15, 0.2) is 0 Å². The van der Waals surface area contributed by atoms with Gasteiger partial charge in [-0.2, -0.15) is 0 Å². The third kappa shape index (κ3) is 5.01. The molecule has 6 heavy (non-hydrogen) atoms. The monoisotopic (exact) mass is 218 g/mol. The van der Waals surface area contributed by atoms with Crippen LogP contribution in [0.2, 0.25) is 24.6 Å². The molecular formula is C4H12SiTe. The van der Waals surface area contributed by atoms with Gasteiger partial charge >= 0.3 is 50.4 Å².